The van der Waals surface area contributed by atoms with Crippen LogP contribution in [0, 0.1) is 0 Å². The van der Waals surface area contributed by atoms with E-state index in [2.05, 4.69) is 4.98 Å². The molecule has 2 aromatic carbocycles. The third kappa shape index (κ3) is 1.64. The molecule has 0 spiro atoms. The molecular weight excluding hydrogens is 258 g/mol. The first-order valence-corrected chi connectivity index (χ1v) is 5.98. The molecule has 20 heavy (non-hydrogen) atoms. The Morgan fingerprint density at radius 1 is 1.10 bits per heavy atom. The molecule has 0 fully saturated rings. The van der Waals surface area contributed by atoms with Crippen molar-refractivity contribution in [3.8, 4) is 5.75 Å². The highest BCUT2D eigenvalue weighted by molar-refractivity contribution is 6.05. The highest BCUT2D eigenvalue weighted by Gasteiger charge is 2.14. The van der Waals surface area contributed by atoms with Crippen molar-refractivity contribution >= 4 is 27.8 Å². The fourth-order valence-corrected chi connectivity index (χ4v) is 2.34. The fraction of sp³-hybridized carbons (Fsp3) is 0.0667. The lowest BCUT2D eigenvalue weighted by Gasteiger charge is -2.08. The summed E-state index contributed by atoms with van der Waals surface area (Å²) in [4.78, 5) is 26.7. The van der Waals surface area contributed by atoms with E-state index in [4.69, 9.17) is 4.74 Å². The van der Waals surface area contributed by atoms with Gasteiger partial charge in [0.1, 0.15) is 5.75 Å². The van der Waals surface area contributed by atoms with Crippen molar-refractivity contribution in [3.63, 3.8) is 0 Å². The number of rotatable bonds is 2. The second kappa shape index (κ2) is 4.38. The van der Waals surface area contributed by atoms with Gasteiger partial charge in [-0.1, -0.05) is 12.1 Å². The molecule has 1 heterocycles. The molecule has 0 aliphatic heterocycles. The number of nitrogens with one attached hydrogen (secondary N) is 1. The molecule has 1 aromatic heterocycles. The molecule has 5 nitrogen and oxygen atoms in total. The number of carboxylic acids is 1. The number of aromatic amines is 1. The van der Waals surface area contributed by atoms with Crippen molar-refractivity contribution in [1.29, 1.82) is 0 Å². The number of carbonyl (C=O) groups is 1. The predicted molar refractivity (Wildman–Crippen MR) is 75.6 cm³/mol. The maximum atomic E-state index is 12.5. The number of H-pyrrole nitrogens is 1. The first-order chi connectivity index (χ1) is 9.63. The average molecular weight is 269 g/mol. The van der Waals surface area contributed by atoms with Gasteiger partial charge in [-0.15, -0.1) is 0 Å². The summed E-state index contributed by atoms with van der Waals surface area (Å²) in [6.45, 7) is 0. The van der Waals surface area contributed by atoms with Gasteiger partial charge in [0, 0.05) is 10.8 Å². The molecule has 2 N–H and O–H groups in total. The van der Waals surface area contributed by atoms with Crippen molar-refractivity contribution in [1.82, 2.24) is 4.98 Å². The minimum atomic E-state index is -1.08. The Hall–Kier alpha value is -2.82. The van der Waals surface area contributed by atoms with Crippen molar-refractivity contribution in [2.24, 2.45) is 0 Å². The zero-order valence-corrected chi connectivity index (χ0v) is 10.6. The van der Waals surface area contributed by atoms with E-state index in [0.29, 0.717) is 27.6 Å². The Balaban J connectivity index is 2.58. The smallest absolute Gasteiger partial charge is 0.337 e. The number of benzene rings is 2. The van der Waals surface area contributed by atoms with E-state index in [9.17, 15) is 14.7 Å². The summed E-state index contributed by atoms with van der Waals surface area (Å²) in [5, 5.41) is 10.0. The first-order valence-electron chi connectivity index (χ1n) is 5.98. The number of para-hydroxylation sites is 2. The van der Waals surface area contributed by atoms with Gasteiger partial charge < -0.3 is 14.8 Å². The van der Waals surface area contributed by atoms with E-state index in [-0.39, 0.29) is 11.0 Å². The van der Waals surface area contributed by atoms with Gasteiger partial charge in [0.15, 0.2) is 5.43 Å². The molecule has 0 aliphatic rings. The van der Waals surface area contributed by atoms with E-state index < -0.39 is 5.97 Å². The maximum Gasteiger partial charge on any atom is 0.337 e. The molecule has 0 atom stereocenters. The largest absolute Gasteiger partial charge is 0.495 e. The number of hydrogen-bond donors (Lipinski definition) is 2. The van der Waals surface area contributed by atoms with Crippen LogP contribution in [0.3, 0.4) is 0 Å². The summed E-state index contributed by atoms with van der Waals surface area (Å²) < 4.78 is 5.21. The van der Waals surface area contributed by atoms with Gasteiger partial charge in [0.05, 0.1) is 23.7 Å². The van der Waals surface area contributed by atoms with Crippen LogP contribution in [0.4, 0.5) is 0 Å². The quantitative estimate of drug-likeness (QED) is 0.700. The Morgan fingerprint density at radius 3 is 2.40 bits per heavy atom. The standard InChI is InChI=1S/C15H11NO4/c1-20-11-7-3-5-9-13(11)16-12-8(14(9)17)4-2-6-10(12)15(18)19/h2-7H,1H3,(H,16,17)(H,18,19). The monoisotopic (exact) mass is 269 g/mol. The number of pyridine rings is 1. The molecule has 5 heteroatoms. The van der Waals surface area contributed by atoms with E-state index in [1.54, 1.807) is 30.3 Å². The van der Waals surface area contributed by atoms with E-state index in [1.165, 1.54) is 13.2 Å². The second-order valence-electron chi connectivity index (χ2n) is 4.37. The molecule has 0 amide bonds. The van der Waals surface area contributed by atoms with Crippen LogP contribution in [0.15, 0.2) is 41.2 Å². The third-order valence-corrected chi connectivity index (χ3v) is 3.28. The van der Waals surface area contributed by atoms with Gasteiger partial charge >= 0.3 is 5.97 Å². The van der Waals surface area contributed by atoms with Gasteiger partial charge in [0.2, 0.25) is 0 Å². The van der Waals surface area contributed by atoms with Crippen molar-refractivity contribution in [2.75, 3.05) is 7.11 Å². The van der Waals surface area contributed by atoms with Crippen LogP contribution in [-0.2, 0) is 0 Å². The van der Waals surface area contributed by atoms with Crippen LogP contribution in [0.5, 0.6) is 5.75 Å². The molecule has 3 aromatic rings. The molecule has 3 rings (SSSR count). The minimum Gasteiger partial charge on any atom is -0.495 e. The van der Waals surface area contributed by atoms with Crippen LogP contribution in [0.2, 0.25) is 0 Å². The van der Waals surface area contributed by atoms with Gasteiger partial charge in [-0.3, -0.25) is 4.79 Å². The lowest BCUT2D eigenvalue weighted by Crippen LogP contribution is -2.08. The first kappa shape index (κ1) is 12.2. The van der Waals surface area contributed by atoms with Gasteiger partial charge in [-0.2, -0.15) is 0 Å². The van der Waals surface area contributed by atoms with Crippen LogP contribution in [0.25, 0.3) is 21.8 Å². The van der Waals surface area contributed by atoms with Crippen LogP contribution in [-0.4, -0.2) is 23.2 Å². The average Bonchev–Trinajstić information content (AvgIpc) is 2.46. The maximum absolute atomic E-state index is 12.5. The Morgan fingerprint density at radius 2 is 1.75 bits per heavy atom. The van der Waals surface area contributed by atoms with Crippen LogP contribution >= 0.6 is 0 Å². The Kier molecular flexibility index (Phi) is 2.68. The Labute approximate surface area is 113 Å². The summed E-state index contributed by atoms with van der Waals surface area (Å²) in [5.41, 5.74) is 0.659. The van der Waals surface area contributed by atoms with Crippen molar-refractivity contribution in [3.05, 3.63) is 52.2 Å². The zero-order chi connectivity index (χ0) is 14.3. The number of hydrogen-bond acceptors (Lipinski definition) is 3. The molecule has 100 valence electrons. The summed E-state index contributed by atoms with van der Waals surface area (Å²) in [5.74, 6) is -0.581. The molecular formula is C15H11NO4. The topological polar surface area (TPSA) is 79.4 Å². The molecule has 0 saturated carbocycles. The normalized spacial score (nSPS) is 10.8. The van der Waals surface area contributed by atoms with Crippen LogP contribution in [0.1, 0.15) is 10.4 Å². The van der Waals surface area contributed by atoms with E-state index in [1.807, 2.05) is 0 Å². The van der Waals surface area contributed by atoms with Crippen LogP contribution < -0.4 is 10.2 Å². The number of aromatic carboxylic acids is 1. The molecule has 0 aliphatic carbocycles. The molecule has 0 bridgehead atoms. The predicted octanol–water partition coefficient (Wildman–Crippen LogP) is 2.39. The van der Waals surface area contributed by atoms with E-state index >= 15 is 0 Å². The summed E-state index contributed by atoms with van der Waals surface area (Å²) in [6.07, 6.45) is 0. The van der Waals surface area contributed by atoms with Crippen molar-refractivity contribution < 1.29 is 14.6 Å². The third-order valence-electron chi connectivity index (χ3n) is 3.28. The fourth-order valence-electron chi connectivity index (χ4n) is 2.34. The van der Waals surface area contributed by atoms with Gasteiger partial charge in [0.25, 0.3) is 0 Å². The number of carboxylic acid groups (broad SMARTS) is 1. The zero-order valence-electron chi connectivity index (χ0n) is 10.6. The minimum absolute atomic E-state index is 0.0624. The summed E-state index contributed by atoms with van der Waals surface area (Å²) in [6, 6.07) is 9.76. The highest BCUT2D eigenvalue weighted by Crippen LogP contribution is 2.25. The van der Waals surface area contributed by atoms with Crippen molar-refractivity contribution in [2.45, 2.75) is 0 Å². The Bertz CT molecular complexity index is 895. The number of methoxy groups -OCH3 is 1. The number of aromatic nitrogens is 1. The summed E-state index contributed by atoms with van der Waals surface area (Å²) in [7, 11) is 1.50. The molecule has 0 saturated heterocycles. The highest BCUT2D eigenvalue weighted by atomic mass is 16.5. The number of fused-ring (bicyclic) bond motifs is 2. The summed E-state index contributed by atoms with van der Waals surface area (Å²) >= 11 is 0. The lowest BCUT2D eigenvalue weighted by atomic mass is 10.1. The van der Waals surface area contributed by atoms with Gasteiger partial charge in [-0.05, 0) is 24.3 Å². The lowest BCUT2D eigenvalue weighted by molar-refractivity contribution is 0.0699. The number of ether oxygens (including phenoxy) is 1. The molecule has 0 unspecified atom stereocenters. The molecule has 0 radical (unpaired) electrons. The SMILES string of the molecule is COc1cccc2c(=O)c3cccc(C(=O)O)c3[nH]c12. The van der Waals surface area contributed by atoms with Gasteiger partial charge in [-0.25, -0.2) is 4.79 Å². The second-order valence-corrected chi connectivity index (χ2v) is 4.37. The van der Waals surface area contributed by atoms with E-state index in [0.717, 1.165) is 0 Å².